The lowest BCUT2D eigenvalue weighted by Gasteiger charge is -2.39. The van der Waals surface area contributed by atoms with Crippen molar-refractivity contribution >= 4 is 74.5 Å². The van der Waals surface area contributed by atoms with E-state index < -0.39 is 110 Å². The maximum absolute atomic E-state index is 13.5. The highest BCUT2D eigenvalue weighted by molar-refractivity contribution is 9.10. The number of methoxy groups -OCH3 is 2. The second-order valence-corrected chi connectivity index (χ2v) is 32.3. The van der Waals surface area contributed by atoms with E-state index in [-0.39, 0.29) is 70.4 Å². The number of carbonyl (C=O) groups is 5. The number of likely N-dealkylation sites (tertiary alicyclic amines) is 3. The second kappa shape index (κ2) is 40.2. The van der Waals surface area contributed by atoms with E-state index in [9.17, 15) is 96.8 Å². The van der Waals surface area contributed by atoms with Crippen LogP contribution < -0.4 is 5.32 Å². The molecule has 0 aromatic heterocycles. The van der Waals surface area contributed by atoms with Crippen LogP contribution in [0, 0.1) is 57.1 Å². The fraction of sp³-hybridized carbons (Fsp3) is 0.458. The smallest absolute Gasteiger partial charge is 0.416 e. The summed E-state index contributed by atoms with van der Waals surface area (Å²) < 4.78 is 193. The van der Waals surface area contributed by atoms with E-state index >= 15 is 0 Å². The Morgan fingerprint density at radius 3 is 1.00 bits per heavy atom. The lowest BCUT2D eigenvalue weighted by molar-refractivity contribution is -0.138. The van der Waals surface area contributed by atoms with Crippen molar-refractivity contribution in [3.8, 4) is 46.5 Å². The molecule has 4 aliphatic rings. The molecule has 6 aromatic carbocycles. The van der Waals surface area contributed by atoms with Gasteiger partial charge in [-0.3, -0.25) is 0 Å². The summed E-state index contributed by atoms with van der Waals surface area (Å²) in [6.45, 7) is 19.7. The van der Waals surface area contributed by atoms with Crippen molar-refractivity contribution in [1.82, 2.24) is 20.0 Å². The van der Waals surface area contributed by atoms with E-state index in [1.165, 1.54) is 78.6 Å². The van der Waals surface area contributed by atoms with Crippen LogP contribution in [0.5, 0.6) is 0 Å². The molecule has 117 heavy (non-hydrogen) atoms. The largest absolute Gasteiger partial charge is 0.465 e. The number of piperidine rings is 4. The van der Waals surface area contributed by atoms with Gasteiger partial charge in [0.1, 0.15) is 22.6 Å². The lowest BCUT2D eigenvalue weighted by atomic mass is 9.71. The number of ether oxygens (including phenoxy) is 5. The van der Waals surface area contributed by atoms with Crippen molar-refractivity contribution in [3.05, 3.63) is 186 Å². The van der Waals surface area contributed by atoms with E-state index in [0.29, 0.717) is 116 Å². The van der Waals surface area contributed by atoms with Gasteiger partial charge < -0.3 is 43.7 Å². The minimum atomic E-state index is -4.57. The molecule has 18 nitrogen and oxygen atoms in total. The van der Waals surface area contributed by atoms with Crippen molar-refractivity contribution in [2.45, 2.75) is 171 Å². The van der Waals surface area contributed by atoms with Crippen molar-refractivity contribution < 1.29 is 105 Å². The molecule has 10 rings (SSSR count). The zero-order valence-electron chi connectivity index (χ0n) is 65.7. The Morgan fingerprint density at radius 1 is 0.419 bits per heavy atom. The van der Waals surface area contributed by atoms with E-state index in [2.05, 4.69) is 70.9 Å². The number of rotatable bonds is 7. The maximum Gasteiger partial charge on any atom is 0.416 e. The number of amides is 3. The Hall–Kier alpha value is -9.67. The molecule has 0 spiro atoms. The third-order valence-electron chi connectivity index (χ3n) is 19.0. The average Bonchev–Trinajstić information content (AvgIpc) is 0.771. The monoisotopic (exact) mass is 1800 g/mol. The van der Waals surface area contributed by atoms with Crippen molar-refractivity contribution in [2.24, 2.45) is 5.92 Å². The average molecular weight is 1800 g/mol. The number of hydrogen-bond donors (Lipinski definition) is 1. The topological polar surface area (TPSA) is 248 Å². The Balaban J connectivity index is 0.000000272. The van der Waals surface area contributed by atoms with Gasteiger partial charge in [-0.1, -0.05) is 58.4 Å². The molecule has 4 heterocycles. The molecule has 3 amide bonds. The van der Waals surface area contributed by atoms with E-state index in [4.69, 9.17) is 19.5 Å². The fourth-order valence-corrected chi connectivity index (χ4v) is 13.9. The van der Waals surface area contributed by atoms with E-state index in [0.717, 1.165) is 55.3 Å². The lowest BCUT2D eigenvalue weighted by Crippen LogP contribution is -2.46. The predicted octanol–water partition coefficient (Wildman–Crippen LogP) is 21.7. The molecule has 0 radical (unpaired) electrons. The predicted molar refractivity (Wildman–Crippen MR) is 416 cm³/mol. The van der Waals surface area contributed by atoms with Gasteiger partial charge >= 0.3 is 54.9 Å². The van der Waals surface area contributed by atoms with Gasteiger partial charge in [-0.05, 0) is 261 Å². The Kier molecular flexibility index (Phi) is 33.6. The summed E-state index contributed by atoms with van der Waals surface area (Å²) >= 11 is 5.84. The molecular formula is C83H88Br2ClF13N8O10. The number of nitrogens with zero attached hydrogens (tertiary/aromatic N) is 7. The molecule has 0 saturated carbocycles. The van der Waals surface area contributed by atoms with Gasteiger partial charge in [0.25, 0.3) is 0 Å². The normalized spacial score (nSPS) is 16.1. The van der Waals surface area contributed by atoms with Crippen molar-refractivity contribution in [1.29, 1.82) is 21.0 Å². The minimum Gasteiger partial charge on any atom is -0.465 e. The molecule has 0 aliphatic carbocycles. The van der Waals surface area contributed by atoms with Crippen LogP contribution in [0.2, 0.25) is 0 Å². The summed E-state index contributed by atoms with van der Waals surface area (Å²) in [6, 6.07) is 33.7. The van der Waals surface area contributed by atoms with Gasteiger partial charge in [0.15, 0.2) is 0 Å². The highest BCUT2D eigenvalue weighted by atomic mass is 79.9. The summed E-state index contributed by atoms with van der Waals surface area (Å²) in [4.78, 5) is 64.4. The quantitative estimate of drug-likeness (QED) is 0.0886. The van der Waals surface area contributed by atoms with Gasteiger partial charge in [-0.15, -0.1) is 12.4 Å². The van der Waals surface area contributed by atoms with Crippen LogP contribution in [0.15, 0.2) is 130 Å². The molecule has 34 heteroatoms. The number of halogens is 16. The molecule has 4 saturated heterocycles. The van der Waals surface area contributed by atoms with Crippen molar-refractivity contribution in [3.63, 3.8) is 0 Å². The van der Waals surface area contributed by atoms with Crippen molar-refractivity contribution in [2.75, 3.05) is 66.6 Å². The van der Waals surface area contributed by atoms with Gasteiger partial charge in [-0.25, -0.2) is 28.4 Å². The SMILES string of the molecule is CC(C)(C)OC(=O)N1CCC(C#N)(c2ccc(C(F)(F)F)cc2Br)CC1.CC(C)(C)OC(=O)N1CCC(C#N)CC1.COC(=O)c1ccc(-c2cc(C(F)(F)F)ccc2C2(C#N)CCN(C(=O)OC(C)(C)C)CC2)cc1.COC(=O)c1ccc(-c2cc(C(F)(F)F)ccc2C2(C#N)CCNCC2)cc1.Cl.Fc1ccc(C(F)(F)F)cc1Br. The molecular weight excluding hydrogens is 1710 g/mol. The molecule has 0 bridgehead atoms. The number of hydrogen-bond acceptors (Lipinski definition) is 15. The number of nitriles is 4. The standard InChI is InChI=1S/C26H27F3N2O4.C21H19F3N2O2.C18H20BrF3N2O2.C11H18N2O2.C7H3BrF4.ClH/c1-24(2,3)35-23(33)31-13-11-25(16-30,12-14-31)21-10-9-19(26(27,28)29)15-20(21)17-5-7-18(8-6-17)22(32)34-4;1-28-19(27)15-4-2-14(3-5-15)17-12-16(21(22,23)24)6-7-18(17)20(13-25)8-10-26-11-9-20;1-16(2,3)26-15(25)24-8-6-17(11-23,7-9-24)13-5-4-12(10-14(13)19)18(20,21)22;1-11(2,3)15-10(14)13-6-4-9(8-12)5-7-13;8-5-3-4(7(10,11)12)1-2-6(5)9;/h5-10,15H,11-14H2,1-4H3;2-7,12,26H,8-11H2,1H3;4-5,10H,6-9H2,1-3H3;9H,4-7H2,1-3H3;1-3H;1H. The number of esters is 2. The number of nitrogens with one attached hydrogen (secondary N) is 1. The highest BCUT2D eigenvalue weighted by Crippen LogP contribution is 2.47. The molecule has 4 fully saturated rings. The molecule has 0 atom stereocenters. The fourth-order valence-electron chi connectivity index (χ4n) is 12.8. The van der Waals surface area contributed by atoms with Gasteiger partial charge in [0.2, 0.25) is 0 Å². The Morgan fingerprint density at radius 2 is 0.709 bits per heavy atom. The summed E-state index contributed by atoms with van der Waals surface area (Å²) in [5.41, 5.74) is -4.22. The molecule has 1 N–H and O–H groups in total. The molecule has 4 aliphatic heterocycles. The van der Waals surface area contributed by atoms with Crippen LogP contribution in [-0.4, -0.2) is 128 Å². The van der Waals surface area contributed by atoms with E-state index in [1.807, 2.05) is 20.8 Å². The number of alkyl halides is 12. The summed E-state index contributed by atoms with van der Waals surface area (Å²) in [7, 11) is 2.50. The van der Waals surface area contributed by atoms with Gasteiger partial charge in [-0.2, -0.15) is 73.7 Å². The molecule has 0 unspecified atom stereocenters. The number of carbonyl (C=O) groups excluding carboxylic acids is 5. The highest BCUT2D eigenvalue weighted by Gasteiger charge is 2.45. The molecule has 632 valence electrons. The van der Waals surface area contributed by atoms with Crippen LogP contribution in [-0.2, 0) is 64.6 Å². The maximum atomic E-state index is 13.5. The van der Waals surface area contributed by atoms with Crippen LogP contribution in [0.3, 0.4) is 0 Å². The first-order valence-corrected chi connectivity index (χ1v) is 37.9. The number of benzene rings is 6. The summed E-state index contributed by atoms with van der Waals surface area (Å²) in [6.07, 6.45) is -15.5. The van der Waals surface area contributed by atoms with Crippen LogP contribution in [0.1, 0.15) is 173 Å². The Bertz CT molecular complexity index is 4620. The first kappa shape index (κ1) is 97.9. The van der Waals surface area contributed by atoms with Gasteiger partial charge in [0.05, 0.1) is 92.6 Å². The zero-order chi connectivity index (χ0) is 87.0. The third-order valence-corrected chi connectivity index (χ3v) is 20.2. The zero-order valence-corrected chi connectivity index (χ0v) is 69.7. The van der Waals surface area contributed by atoms with Crippen LogP contribution >= 0.6 is 44.3 Å². The van der Waals surface area contributed by atoms with Crippen LogP contribution in [0.25, 0.3) is 22.3 Å². The van der Waals surface area contributed by atoms with Gasteiger partial charge in [0, 0.05) is 49.7 Å². The van der Waals surface area contributed by atoms with Crippen LogP contribution in [0.4, 0.5) is 71.5 Å². The third kappa shape index (κ3) is 27.2. The summed E-state index contributed by atoms with van der Waals surface area (Å²) in [5, 5.41) is 41.7. The first-order chi connectivity index (χ1) is 53.8. The Labute approximate surface area is 693 Å². The second-order valence-electron chi connectivity index (χ2n) is 30.6. The minimum absolute atomic E-state index is 0. The van der Waals surface area contributed by atoms with E-state index in [1.54, 1.807) is 58.6 Å². The molecule has 6 aromatic rings. The summed E-state index contributed by atoms with van der Waals surface area (Å²) in [5.74, 6) is -1.70. The first-order valence-electron chi connectivity index (χ1n) is 36.3.